The van der Waals surface area contributed by atoms with Crippen molar-refractivity contribution in [1.82, 2.24) is 5.32 Å². The molecule has 2 aromatic carbocycles. The summed E-state index contributed by atoms with van der Waals surface area (Å²) in [6.45, 7) is 3.95. The second kappa shape index (κ2) is 5.90. The molecule has 0 saturated heterocycles. The molecule has 0 heterocycles. The Morgan fingerprint density at radius 1 is 0.952 bits per heavy atom. The van der Waals surface area contributed by atoms with Crippen molar-refractivity contribution in [3.63, 3.8) is 0 Å². The maximum atomic E-state index is 12.9. The van der Waals surface area contributed by atoms with Gasteiger partial charge in [0.2, 0.25) is 0 Å². The molecule has 1 N–H and O–H groups in total. The van der Waals surface area contributed by atoms with Crippen molar-refractivity contribution in [2.75, 3.05) is 7.05 Å². The van der Waals surface area contributed by atoms with E-state index in [0.29, 0.717) is 5.56 Å². The third-order valence-electron chi connectivity index (χ3n) is 3.67. The molecule has 0 aliphatic heterocycles. The summed E-state index contributed by atoms with van der Waals surface area (Å²) >= 11 is 0. The van der Waals surface area contributed by atoms with Gasteiger partial charge in [-0.15, -0.1) is 0 Å². The number of rotatable bonds is 3. The Morgan fingerprint density at radius 2 is 1.52 bits per heavy atom. The van der Waals surface area contributed by atoms with Gasteiger partial charge in [-0.3, -0.25) is 0 Å². The molecule has 0 aromatic heterocycles. The maximum absolute atomic E-state index is 12.9. The lowest BCUT2D eigenvalue weighted by Crippen LogP contribution is -2.20. The summed E-state index contributed by atoms with van der Waals surface area (Å²) in [6, 6.07) is 11.1. The van der Waals surface area contributed by atoms with Gasteiger partial charge < -0.3 is 5.32 Å². The van der Waals surface area contributed by atoms with Gasteiger partial charge in [-0.05, 0) is 55.3 Å². The summed E-state index contributed by atoms with van der Waals surface area (Å²) in [5.74, 6) is 0. The average molecular weight is 293 g/mol. The zero-order valence-electron chi connectivity index (χ0n) is 12.3. The minimum absolute atomic E-state index is 0.256. The van der Waals surface area contributed by atoms with E-state index in [0.717, 1.165) is 22.8 Å². The fraction of sp³-hybridized carbons (Fsp3) is 0.294. The maximum Gasteiger partial charge on any atom is 0.416 e. The molecule has 2 rings (SSSR count). The van der Waals surface area contributed by atoms with Gasteiger partial charge in [-0.1, -0.05) is 30.3 Å². The zero-order valence-corrected chi connectivity index (χ0v) is 12.3. The topological polar surface area (TPSA) is 12.0 Å². The Balaban J connectivity index is 2.52. The van der Waals surface area contributed by atoms with Crippen LogP contribution in [0.1, 0.15) is 33.9 Å². The molecular weight excluding hydrogens is 275 g/mol. The quantitative estimate of drug-likeness (QED) is 0.870. The van der Waals surface area contributed by atoms with E-state index in [-0.39, 0.29) is 6.04 Å². The average Bonchev–Trinajstić information content (AvgIpc) is 2.42. The van der Waals surface area contributed by atoms with Gasteiger partial charge in [0.15, 0.2) is 0 Å². The normalized spacial score (nSPS) is 13.2. The van der Waals surface area contributed by atoms with Gasteiger partial charge >= 0.3 is 6.18 Å². The number of benzene rings is 2. The summed E-state index contributed by atoms with van der Waals surface area (Å²) in [5, 5.41) is 3.13. The fourth-order valence-electron chi connectivity index (χ4n) is 2.65. The van der Waals surface area contributed by atoms with Gasteiger partial charge in [-0.25, -0.2) is 0 Å². The zero-order chi connectivity index (χ0) is 15.6. The first-order chi connectivity index (χ1) is 9.84. The highest BCUT2D eigenvalue weighted by Gasteiger charge is 2.31. The predicted molar refractivity (Wildman–Crippen MR) is 78.3 cm³/mol. The van der Waals surface area contributed by atoms with E-state index in [1.54, 1.807) is 13.1 Å². The monoisotopic (exact) mass is 293 g/mol. The molecule has 0 aliphatic rings. The molecule has 0 amide bonds. The van der Waals surface area contributed by atoms with Crippen LogP contribution in [0.5, 0.6) is 0 Å². The largest absolute Gasteiger partial charge is 0.416 e. The molecule has 0 aliphatic carbocycles. The van der Waals surface area contributed by atoms with Crippen LogP contribution in [-0.2, 0) is 6.18 Å². The van der Waals surface area contributed by atoms with Crippen LogP contribution in [0, 0.1) is 13.8 Å². The van der Waals surface area contributed by atoms with Crippen LogP contribution in [0.4, 0.5) is 13.2 Å². The van der Waals surface area contributed by atoms with E-state index in [9.17, 15) is 13.2 Å². The Bertz CT molecular complexity index is 612. The second-order valence-corrected chi connectivity index (χ2v) is 5.15. The molecule has 0 spiro atoms. The highest BCUT2D eigenvalue weighted by atomic mass is 19.4. The molecule has 0 saturated carbocycles. The summed E-state index contributed by atoms with van der Waals surface area (Å²) in [4.78, 5) is 0. The van der Waals surface area contributed by atoms with Crippen molar-refractivity contribution in [3.8, 4) is 0 Å². The fourth-order valence-corrected chi connectivity index (χ4v) is 2.65. The lowest BCUT2D eigenvalue weighted by atomic mass is 9.90. The highest BCUT2D eigenvalue weighted by Crippen LogP contribution is 2.33. The number of aryl methyl sites for hydroxylation is 2. The van der Waals surface area contributed by atoms with Crippen molar-refractivity contribution in [1.29, 1.82) is 0 Å². The van der Waals surface area contributed by atoms with Crippen molar-refractivity contribution in [3.05, 3.63) is 70.3 Å². The molecule has 0 bridgehead atoms. The molecule has 4 heteroatoms. The van der Waals surface area contributed by atoms with E-state index < -0.39 is 11.7 Å². The lowest BCUT2D eigenvalue weighted by molar-refractivity contribution is -0.137. The third-order valence-corrected chi connectivity index (χ3v) is 3.67. The van der Waals surface area contributed by atoms with Crippen LogP contribution in [0.2, 0.25) is 0 Å². The van der Waals surface area contributed by atoms with Crippen molar-refractivity contribution >= 4 is 0 Å². The number of halogens is 3. The van der Waals surface area contributed by atoms with Crippen LogP contribution in [-0.4, -0.2) is 7.05 Å². The standard InChI is InChI=1S/C17H18F3N/c1-11-6-4-7-12(2)15(11)16(21-3)13-8-5-9-14(10-13)17(18,19)20/h4-10,16,21H,1-3H3. The molecule has 1 atom stereocenters. The lowest BCUT2D eigenvalue weighted by Gasteiger charge is -2.22. The molecule has 0 fully saturated rings. The van der Waals surface area contributed by atoms with Gasteiger partial charge in [0, 0.05) is 0 Å². The van der Waals surface area contributed by atoms with E-state index in [2.05, 4.69) is 5.32 Å². The van der Waals surface area contributed by atoms with Crippen LogP contribution < -0.4 is 5.32 Å². The first-order valence-electron chi connectivity index (χ1n) is 6.75. The molecule has 0 radical (unpaired) electrons. The SMILES string of the molecule is CNC(c1cccc(C(F)(F)F)c1)c1c(C)cccc1C. The van der Waals surface area contributed by atoms with Crippen molar-refractivity contribution < 1.29 is 13.2 Å². The number of hydrogen-bond acceptors (Lipinski definition) is 1. The van der Waals surface area contributed by atoms with E-state index in [4.69, 9.17) is 0 Å². The summed E-state index contributed by atoms with van der Waals surface area (Å²) in [7, 11) is 1.76. The minimum atomic E-state index is -4.32. The first kappa shape index (κ1) is 15.6. The number of nitrogens with one attached hydrogen (secondary N) is 1. The van der Waals surface area contributed by atoms with Crippen molar-refractivity contribution in [2.24, 2.45) is 0 Å². The van der Waals surface area contributed by atoms with Crippen LogP contribution >= 0.6 is 0 Å². The van der Waals surface area contributed by atoms with Crippen LogP contribution in [0.25, 0.3) is 0 Å². The molecule has 2 aromatic rings. The van der Waals surface area contributed by atoms with Crippen LogP contribution in [0.15, 0.2) is 42.5 Å². The van der Waals surface area contributed by atoms with Gasteiger partial charge in [0.25, 0.3) is 0 Å². The predicted octanol–water partition coefficient (Wildman–Crippen LogP) is 4.63. The smallest absolute Gasteiger partial charge is 0.309 e. The van der Waals surface area contributed by atoms with Gasteiger partial charge in [0.1, 0.15) is 0 Å². The van der Waals surface area contributed by atoms with E-state index in [1.165, 1.54) is 12.1 Å². The Labute approximate surface area is 122 Å². The van der Waals surface area contributed by atoms with Crippen LogP contribution in [0.3, 0.4) is 0 Å². The van der Waals surface area contributed by atoms with E-state index in [1.807, 2.05) is 32.0 Å². The minimum Gasteiger partial charge on any atom is -0.309 e. The molecule has 1 unspecified atom stereocenters. The third kappa shape index (κ3) is 3.27. The molecule has 21 heavy (non-hydrogen) atoms. The Morgan fingerprint density at radius 3 is 2.05 bits per heavy atom. The number of alkyl halides is 3. The highest BCUT2D eigenvalue weighted by molar-refractivity contribution is 5.43. The summed E-state index contributed by atoms with van der Waals surface area (Å²) in [6.07, 6.45) is -4.32. The summed E-state index contributed by atoms with van der Waals surface area (Å²) < 4.78 is 38.6. The first-order valence-corrected chi connectivity index (χ1v) is 6.75. The molecule has 1 nitrogen and oxygen atoms in total. The Hall–Kier alpha value is -1.81. The molecular formula is C17H18F3N. The van der Waals surface area contributed by atoms with Gasteiger partial charge in [-0.2, -0.15) is 13.2 Å². The van der Waals surface area contributed by atoms with E-state index >= 15 is 0 Å². The van der Waals surface area contributed by atoms with Crippen molar-refractivity contribution in [2.45, 2.75) is 26.1 Å². The Kier molecular flexibility index (Phi) is 4.37. The second-order valence-electron chi connectivity index (χ2n) is 5.15. The summed E-state index contributed by atoms with van der Waals surface area (Å²) in [5.41, 5.74) is 3.15. The van der Waals surface area contributed by atoms with Gasteiger partial charge in [0.05, 0.1) is 11.6 Å². The number of hydrogen-bond donors (Lipinski definition) is 1. The molecule has 112 valence electrons.